The largest absolute Gasteiger partial charge is 0.468 e. The fourth-order valence-electron chi connectivity index (χ4n) is 1.99. The highest BCUT2D eigenvalue weighted by atomic mass is 35.5. The van der Waals surface area contributed by atoms with Crippen molar-refractivity contribution in [1.82, 2.24) is 0 Å². The molecule has 0 saturated carbocycles. The summed E-state index contributed by atoms with van der Waals surface area (Å²) in [6, 6.07) is 0. The minimum atomic E-state index is -4.98. The Bertz CT molecular complexity index is 655. The molecule has 0 heterocycles. The maximum Gasteiger partial charge on any atom is 0.468 e. The fourth-order valence-corrected chi connectivity index (χ4v) is 2.51. The van der Waals surface area contributed by atoms with Crippen LogP contribution in [-0.4, -0.2) is 12.4 Å². The molecule has 8 heteroatoms. The van der Waals surface area contributed by atoms with Crippen molar-refractivity contribution in [1.29, 1.82) is 0 Å². The van der Waals surface area contributed by atoms with Crippen LogP contribution in [0.15, 0.2) is 62.4 Å². The van der Waals surface area contributed by atoms with Crippen molar-refractivity contribution in [3.63, 3.8) is 0 Å². The van der Waals surface area contributed by atoms with Crippen LogP contribution in [0.1, 0.15) is 6.42 Å². The summed E-state index contributed by atoms with van der Waals surface area (Å²) >= 11 is 11.7. The van der Waals surface area contributed by atoms with Crippen LogP contribution >= 0.6 is 23.2 Å². The van der Waals surface area contributed by atoms with E-state index in [2.05, 4.69) is 5.73 Å². The molecule has 0 saturated heterocycles. The minimum Gasteiger partial charge on any atom is -0.154 e. The van der Waals surface area contributed by atoms with Gasteiger partial charge in [-0.05, 0) is 6.42 Å². The van der Waals surface area contributed by atoms with E-state index < -0.39 is 29.1 Å². The zero-order valence-electron chi connectivity index (χ0n) is 11.1. The predicted octanol–water partition coefficient (Wildman–Crippen LogP) is 6.28. The predicted molar refractivity (Wildman–Crippen MR) is 75.6 cm³/mol. The molecule has 0 aliphatic heterocycles. The van der Waals surface area contributed by atoms with E-state index in [0.717, 1.165) is 0 Å². The maximum atomic E-state index is 13.1. The van der Waals surface area contributed by atoms with E-state index in [-0.39, 0.29) is 15.6 Å². The van der Waals surface area contributed by atoms with Gasteiger partial charge in [0.05, 0.1) is 27.8 Å². The Hall–Kier alpha value is -1.49. The molecule has 0 nitrogen and oxygen atoms in total. The molecule has 2 aliphatic carbocycles. The van der Waals surface area contributed by atoms with Crippen molar-refractivity contribution >= 4 is 23.2 Å². The highest BCUT2D eigenvalue weighted by Crippen LogP contribution is 2.44. The number of allylic oxidation sites excluding steroid dienone is 9. The van der Waals surface area contributed by atoms with Gasteiger partial charge in [0.15, 0.2) is 16.7 Å². The second kappa shape index (κ2) is 6.19. The first kappa shape index (κ1) is 17.9. The molecule has 0 unspecified atom stereocenters. The molecular formula is C15H7Cl2F6+. The van der Waals surface area contributed by atoms with Gasteiger partial charge >= 0.3 is 12.4 Å². The zero-order chi connectivity index (χ0) is 17.4. The lowest BCUT2D eigenvalue weighted by Crippen LogP contribution is -2.23. The molecule has 122 valence electrons. The third kappa shape index (κ3) is 3.89. The van der Waals surface area contributed by atoms with Crippen molar-refractivity contribution in [3.8, 4) is 0 Å². The molecule has 2 aliphatic rings. The molecule has 0 N–H and O–H groups in total. The van der Waals surface area contributed by atoms with Crippen LogP contribution in [0, 0.1) is 6.42 Å². The van der Waals surface area contributed by atoms with Gasteiger partial charge in [-0.1, -0.05) is 41.1 Å². The molecule has 0 fully saturated rings. The smallest absolute Gasteiger partial charge is 0.154 e. The van der Waals surface area contributed by atoms with Crippen molar-refractivity contribution in [2.75, 3.05) is 0 Å². The number of rotatable bonds is 0. The lowest BCUT2D eigenvalue weighted by atomic mass is 9.90. The maximum absolute atomic E-state index is 13.1. The van der Waals surface area contributed by atoms with Crippen LogP contribution < -0.4 is 0 Å². The summed E-state index contributed by atoms with van der Waals surface area (Å²) in [7, 11) is 0. The molecule has 0 aromatic heterocycles. The summed E-state index contributed by atoms with van der Waals surface area (Å²) < 4.78 is 78.3. The van der Waals surface area contributed by atoms with Crippen LogP contribution in [0.5, 0.6) is 0 Å². The molecule has 0 bridgehead atoms. The summed E-state index contributed by atoms with van der Waals surface area (Å²) in [6.07, 6.45) is -5.01. The van der Waals surface area contributed by atoms with Gasteiger partial charge in [0, 0.05) is 6.42 Å². The van der Waals surface area contributed by atoms with E-state index in [9.17, 15) is 26.3 Å². The Labute approximate surface area is 137 Å². The average Bonchev–Trinajstić information content (AvgIpc) is 2.40. The van der Waals surface area contributed by atoms with Crippen LogP contribution in [0.25, 0.3) is 0 Å². The van der Waals surface area contributed by atoms with Gasteiger partial charge in [-0.3, -0.25) is 0 Å². The second-order valence-corrected chi connectivity index (χ2v) is 5.38. The van der Waals surface area contributed by atoms with Crippen LogP contribution in [0.4, 0.5) is 26.3 Å². The summed E-state index contributed by atoms with van der Waals surface area (Å²) in [4.78, 5) is 0. The first-order chi connectivity index (χ1) is 10.5. The van der Waals surface area contributed by atoms with E-state index in [1.807, 2.05) is 0 Å². The summed E-state index contributed by atoms with van der Waals surface area (Å²) in [5, 5.41) is -0.106. The molecule has 0 aromatic rings. The normalized spacial score (nSPS) is 19.3. The van der Waals surface area contributed by atoms with E-state index >= 15 is 0 Å². The van der Waals surface area contributed by atoms with Gasteiger partial charge < -0.3 is 0 Å². The van der Waals surface area contributed by atoms with Crippen LogP contribution in [-0.2, 0) is 0 Å². The Kier molecular flexibility index (Phi) is 4.81. The SMILES string of the molecule is FC(F)(F)C1=C[CH+]C=C(C(F)(F)F)C1=C=C1C(Cl)=CCC=C1Cl. The molecule has 0 spiro atoms. The zero-order valence-corrected chi connectivity index (χ0v) is 12.6. The van der Waals surface area contributed by atoms with Gasteiger partial charge in [0.2, 0.25) is 0 Å². The van der Waals surface area contributed by atoms with Gasteiger partial charge in [0.25, 0.3) is 0 Å². The lowest BCUT2D eigenvalue weighted by molar-refractivity contribution is -0.0976. The molecule has 0 amide bonds. The second-order valence-electron chi connectivity index (χ2n) is 4.56. The number of halogens is 8. The van der Waals surface area contributed by atoms with Crippen LogP contribution in [0.3, 0.4) is 0 Å². The third-order valence-corrected chi connectivity index (χ3v) is 3.68. The first-order valence-corrected chi connectivity index (χ1v) is 6.91. The Balaban J connectivity index is 2.76. The van der Waals surface area contributed by atoms with E-state index in [1.165, 1.54) is 12.2 Å². The lowest BCUT2D eigenvalue weighted by Gasteiger charge is -2.15. The quantitative estimate of drug-likeness (QED) is 0.267. The molecule has 2 rings (SSSR count). The summed E-state index contributed by atoms with van der Waals surface area (Å²) in [5.74, 6) is 0. The number of hydrogen-bond acceptors (Lipinski definition) is 0. The number of hydrogen-bond donors (Lipinski definition) is 0. The Morgan fingerprint density at radius 1 is 0.826 bits per heavy atom. The Morgan fingerprint density at radius 3 is 1.65 bits per heavy atom. The standard InChI is InChI=1S/C15H7Cl2F6/c16-12-5-2-6-13(17)9(12)7-8-10(14(18,19)20)3-1-4-11(8)15(21,22)23/h1,3-6H,2H2/q+1. The molecule has 23 heavy (non-hydrogen) atoms. The van der Waals surface area contributed by atoms with Crippen molar-refractivity contribution in [2.24, 2.45) is 0 Å². The van der Waals surface area contributed by atoms with Crippen molar-refractivity contribution < 1.29 is 26.3 Å². The topological polar surface area (TPSA) is 0 Å². The number of alkyl halides is 6. The molecule has 0 atom stereocenters. The average molecular weight is 372 g/mol. The van der Waals surface area contributed by atoms with Crippen molar-refractivity contribution in [2.45, 2.75) is 18.8 Å². The monoisotopic (exact) mass is 371 g/mol. The molecule has 0 radical (unpaired) electrons. The van der Waals surface area contributed by atoms with Gasteiger partial charge in [-0.2, -0.15) is 26.3 Å². The Morgan fingerprint density at radius 2 is 1.26 bits per heavy atom. The van der Waals surface area contributed by atoms with E-state index in [0.29, 0.717) is 25.0 Å². The third-order valence-electron chi connectivity index (χ3n) is 3.00. The highest BCUT2D eigenvalue weighted by Gasteiger charge is 2.52. The highest BCUT2D eigenvalue weighted by molar-refractivity contribution is 6.38. The van der Waals surface area contributed by atoms with Gasteiger partial charge in [-0.15, -0.1) is 0 Å². The summed E-state index contributed by atoms with van der Waals surface area (Å²) in [6.45, 7) is 0. The van der Waals surface area contributed by atoms with Gasteiger partial charge in [0.1, 0.15) is 0 Å². The summed E-state index contributed by atoms with van der Waals surface area (Å²) in [5.41, 5.74) is -2.15. The van der Waals surface area contributed by atoms with Gasteiger partial charge in [-0.25, -0.2) is 0 Å². The van der Waals surface area contributed by atoms with Crippen LogP contribution in [0.2, 0.25) is 0 Å². The van der Waals surface area contributed by atoms with E-state index in [4.69, 9.17) is 23.2 Å². The first-order valence-electron chi connectivity index (χ1n) is 6.15. The fraction of sp³-hybridized carbons (Fsp3) is 0.200. The van der Waals surface area contributed by atoms with E-state index in [1.54, 1.807) is 0 Å². The molecule has 0 aromatic carbocycles. The molecular weight excluding hydrogens is 365 g/mol. The van der Waals surface area contributed by atoms with Crippen molar-refractivity contribution in [3.05, 3.63) is 68.8 Å². The minimum absolute atomic E-state index is 0.0531.